The van der Waals surface area contributed by atoms with Crippen LogP contribution in [-0.2, 0) is 12.0 Å². The van der Waals surface area contributed by atoms with E-state index in [1.807, 2.05) is 0 Å². The van der Waals surface area contributed by atoms with Gasteiger partial charge < -0.3 is 15.4 Å². The zero-order chi connectivity index (χ0) is 8.60. The van der Waals surface area contributed by atoms with Gasteiger partial charge in [0.25, 0.3) is 0 Å². The maximum absolute atomic E-state index is 9.10. The molecule has 2 rings (SSSR count). The average molecular weight is 168 g/mol. The van der Waals surface area contributed by atoms with Crippen LogP contribution in [0.5, 0.6) is 0 Å². The second-order valence-electron chi connectivity index (χ2n) is 3.35. The van der Waals surface area contributed by atoms with Crippen molar-refractivity contribution in [3.8, 4) is 0 Å². The molecule has 0 fully saturated rings. The van der Waals surface area contributed by atoms with Gasteiger partial charge in [0.2, 0.25) is 0 Å². The van der Waals surface area contributed by atoms with Gasteiger partial charge in [-0.1, -0.05) is 5.16 Å². The van der Waals surface area contributed by atoms with Gasteiger partial charge in [-0.15, -0.1) is 0 Å². The molecular weight excluding hydrogens is 156 g/mol. The largest absolute Gasteiger partial charge is 0.394 e. The first-order valence-corrected chi connectivity index (χ1v) is 4.10. The minimum atomic E-state index is -0.690. The molecule has 0 amide bonds. The van der Waals surface area contributed by atoms with Crippen molar-refractivity contribution in [2.75, 3.05) is 6.61 Å². The van der Waals surface area contributed by atoms with Crippen molar-refractivity contribution in [2.45, 2.75) is 24.8 Å². The number of nitrogens with zero attached hydrogens (tertiary/aromatic N) is 1. The van der Waals surface area contributed by atoms with Crippen LogP contribution in [0.25, 0.3) is 0 Å². The van der Waals surface area contributed by atoms with Crippen LogP contribution in [0, 0.1) is 0 Å². The number of aromatic nitrogens is 1. The molecule has 66 valence electrons. The van der Waals surface area contributed by atoms with Gasteiger partial charge in [0.05, 0.1) is 12.8 Å². The van der Waals surface area contributed by atoms with Gasteiger partial charge >= 0.3 is 0 Å². The Bertz CT molecular complexity index is 284. The quantitative estimate of drug-likeness (QED) is 0.626. The summed E-state index contributed by atoms with van der Waals surface area (Å²) in [5.74, 6) is 0.663. The van der Waals surface area contributed by atoms with Gasteiger partial charge in [0.1, 0.15) is 5.54 Å². The van der Waals surface area contributed by atoms with Crippen molar-refractivity contribution < 1.29 is 9.63 Å². The summed E-state index contributed by atoms with van der Waals surface area (Å²) in [5, 5.41) is 12.8. The fourth-order valence-corrected chi connectivity index (χ4v) is 1.71. The average Bonchev–Trinajstić information content (AvgIpc) is 2.54. The summed E-state index contributed by atoms with van der Waals surface area (Å²) >= 11 is 0. The smallest absolute Gasteiger partial charge is 0.162 e. The van der Waals surface area contributed by atoms with Gasteiger partial charge in [-0.05, 0) is 19.3 Å². The molecule has 0 saturated heterocycles. The number of aliphatic hydroxyl groups excluding tert-OH is 1. The summed E-state index contributed by atoms with van der Waals surface area (Å²) in [5.41, 5.74) is 6.28. The predicted molar refractivity (Wildman–Crippen MR) is 42.4 cm³/mol. The topological polar surface area (TPSA) is 72.3 Å². The van der Waals surface area contributed by atoms with E-state index in [-0.39, 0.29) is 6.61 Å². The number of hydrogen-bond donors (Lipinski definition) is 2. The van der Waals surface area contributed by atoms with Crippen LogP contribution in [0.2, 0.25) is 0 Å². The Morgan fingerprint density at radius 1 is 1.75 bits per heavy atom. The number of aliphatic hydroxyl groups is 1. The van der Waals surface area contributed by atoms with E-state index in [0.717, 1.165) is 24.8 Å². The monoisotopic (exact) mass is 168 g/mol. The number of nitrogens with two attached hydrogens (primary N) is 1. The molecule has 12 heavy (non-hydrogen) atoms. The van der Waals surface area contributed by atoms with Crippen LogP contribution < -0.4 is 5.73 Å². The Morgan fingerprint density at radius 2 is 2.58 bits per heavy atom. The molecule has 4 nitrogen and oxygen atoms in total. The van der Waals surface area contributed by atoms with Crippen LogP contribution in [0.3, 0.4) is 0 Å². The van der Waals surface area contributed by atoms with Crippen molar-refractivity contribution in [2.24, 2.45) is 5.73 Å². The normalized spacial score (nSPS) is 28.5. The van der Waals surface area contributed by atoms with Gasteiger partial charge in [-0.25, -0.2) is 0 Å². The first-order valence-electron chi connectivity index (χ1n) is 4.10. The van der Waals surface area contributed by atoms with E-state index in [9.17, 15) is 0 Å². The highest BCUT2D eigenvalue weighted by Crippen LogP contribution is 2.32. The van der Waals surface area contributed by atoms with Crippen LogP contribution in [0.1, 0.15) is 24.2 Å². The van der Waals surface area contributed by atoms with Crippen molar-refractivity contribution in [3.63, 3.8) is 0 Å². The zero-order valence-corrected chi connectivity index (χ0v) is 6.79. The Morgan fingerprint density at radius 3 is 3.33 bits per heavy atom. The molecule has 1 unspecified atom stereocenters. The molecular formula is C8H12N2O2. The summed E-state index contributed by atoms with van der Waals surface area (Å²) in [6, 6.07) is 0. The van der Waals surface area contributed by atoms with Crippen molar-refractivity contribution >= 4 is 0 Å². The third-order valence-corrected chi connectivity index (χ3v) is 2.45. The number of hydrogen-bond acceptors (Lipinski definition) is 4. The Hall–Kier alpha value is -0.870. The number of aryl methyl sites for hydroxylation is 1. The second-order valence-corrected chi connectivity index (χ2v) is 3.35. The molecule has 0 spiro atoms. The molecule has 1 atom stereocenters. The van der Waals surface area contributed by atoms with E-state index < -0.39 is 5.54 Å². The highest BCUT2D eigenvalue weighted by Gasteiger charge is 2.36. The van der Waals surface area contributed by atoms with Crippen LogP contribution in [-0.4, -0.2) is 16.9 Å². The molecule has 1 aliphatic carbocycles. The highest BCUT2D eigenvalue weighted by molar-refractivity contribution is 5.25. The molecule has 0 radical (unpaired) electrons. The number of rotatable bonds is 1. The van der Waals surface area contributed by atoms with E-state index in [1.54, 1.807) is 6.20 Å². The van der Waals surface area contributed by atoms with Gasteiger partial charge in [-0.2, -0.15) is 0 Å². The van der Waals surface area contributed by atoms with E-state index in [1.165, 1.54) is 0 Å². The lowest BCUT2D eigenvalue weighted by molar-refractivity contribution is 0.146. The van der Waals surface area contributed by atoms with Gasteiger partial charge in [0, 0.05) is 5.56 Å². The Labute approximate surface area is 70.3 Å². The second kappa shape index (κ2) is 2.57. The lowest BCUT2D eigenvalue weighted by Crippen LogP contribution is -2.42. The zero-order valence-electron chi connectivity index (χ0n) is 6.79. The van der Waals surface area contributed by atoms with E-state index >= 15 is 0 Å². The fourth-order valence-electron chi connectivity index (χ4n) is 1.71. The Kier molecular flexibility index (Phi) is 1.66. The maximum Gasteiger partial charge on any atom is 0.162 e. The Balaban J connectivity index is 2.44. The first kappa shape index (κ1) is 7.76. The van der Waals surface area contributed by atoms with E-state index in [2.05, 4.69) is 5.16 Å². The maximum atomic E-state index is 9.10. The predicted octanol–water partition coefficient (Wildman–Crippen LogP) is 0.157. The molecule has 3 N–H and O–H groups in total. The minimum Gasteiger partial charge on any atom is -0.394 e. The molecule has 0 aromatic carbocycles. The van der Waals surface area contributed by atoms with Crippen molar-refractivity contribution in [3.05, 3.63) is 17.5 Å². The standard InChI is InChI=1S/C8H12N2O2/c9-8(5-11)3-1-2-6-4-10-12-7(6)8/h4,11H,1-3,5,9H2. The van der Waals surface area contributed by atoms with Gasteiger partial charge in [-0.3, -0.25) is 0 Å². The molecule has 1 aromatic rings. The minimum absolute atomic E-state index is 0.0742. The first-order chi connectivity index (χ1) is 5.76. The molecule has 1 aromatic heterocycles. The molecule has 0 saturated carbocycles. The summed E-state index contributed by atoms with van der Waals surface area (Å²) in [6.07, 6.45) is 4.40. The molecule has 1 heterocycles. The third-order valence-electron chi connectivity index (χ3n) is 2.45. The number of fused-ring (bicyclic) bond motifs is 1. The summed E-state index contributed by atoms with van der Waals surface area (Å²) in [4.78, 5) is 0. The molecule has 0 aliphatic heterocycles. The summed E-state index contributed by atoms with van der Waals surface area (Å²) < 4.78 is 5.03. The fraction of sp³-hybridized carbons (Fsp3) is 0.625. The lowest BCUT2D eigenvalue weighted by Gasteiger charge is -2.28. The molecule has 1 aliphatic rings. The van der Waals surface area contributed by atoms with E-state index in [0.29, 0.717) is 5.76 Å². The van der Waals surface area contributed by atoms with Crippen LogP contribution >= 0.6 is 0 Å². The SMILES string of the molecule is NC1(CO)CCCc2cnoc21. The lowest BCUT2D eigenvalue weighted by atomic mass is 9.83. The third kappa shape index (κ3) is 0.956. The van der Waals surface area contributed by atoms with E-state index in [4.69, 9.17) is 15.4 Å². The highest BCUT2D eigenvalue weighted by atomic mass is 16.5. The molecule has 0 bridgehead atoms. The summed E-state index contributed by atoms with van der Waals surface area (Å²) in [6.45, 7) is -0.0742. The van der Waals surface area contributed by atoms with Crippen molar-refractivity contribution in [1.82, 2.24) is 5.16 Å². The molecule has 4 heteroatoms. The van der Waals surface area contributed by atoms with Crippen LogP contribution in [0.4, 0.5) is 0 Å². The van der Waals surface area contributed by atoms with Crippen molar-refractivity contribution in [1.29, 1.82) is 0 Å². The van der Waals surface area contributed by atoms with Gasteiger partial charge in [0.15, 0.2) is 5.76 Å². The van der Waals surface area contributed by atoms with Crippen LogP contribution in [0.15, 0.2) is 10.7 Å². The summed E-state index contributed by atoms with van der Waals surface area (Å²) in [7, 11) is 0.